The van der Waals surface area contributed by atoms with E-state index in [1.165, 1.54) is 23.5 Å². The van der Waals surface area contributed by atoms with Gasteiger partial charge in [-0.1, -0.05) is 0 Å². The monoisotopic (exact) mass is 290 g/mol. The van der Waals surface area contributed by atoms with Crippen LogP contribution in [0.1, 0.15) is 23.4 Å². The zero-order valence-corrected chi connectivity index (χ0v) is 12.0. The van der Waals surface area contributed by atoms with Gasteiger partial charge in [-0.05, 0) is 44.0 Å². The number of hydrogen-bond donors (Lipinski definition) is 1. The van der Waals surface area contributed by atoms with E-state index in [0.717, 1.165) is 34.0 Å². The van der Waals surface area contributed by atoms with Gasteiger partial charge in [0, 0.05) is 16.5 Å². The number of thiazole rings is 1. The Morgan fingerprint density at radius 3 is 2.75 bits per heavy atom. The van der Waals surface area contributed by atoms with Gasteiger partial charge in [0.2, 0.25) is 5.91 Å². The van der Waals surface area contributed by atoms with E-state index in [1.54, 1.807) is 12.1 Å². The van der Waals surface area contributed by atoms with E-state index in [-0.39, 0.29) is 11.7 Å². The highest BCUT2D eigenvalue weighted by Gasteiger charge is 2.24. The number of carbonyl (C=O) groups excluding carboxylic acids is 1. The Kier molecular flexibility index (Phi) is 3.53. The van der Waals surface area contributed by atoms with Crippen LogP contribution in [0, 0.1) is 12.7 Å². The molecule has 104 valence electrons. The largest absolute Gasteiger partial charge is 0.353 e. The number of nitrogens with one attached hydrogen (secondary N) is 1. The first-order chi connectivity index (χ1) is 9.61. The second-order valence-electron chi connectivity index (χ2n) is 5.05. The van der Waals surface area contributed by atoms with Crippen LogP contribution in [0.5, 0.6) is 0 Å². The van der Waals surface area contributed by atoms with Crippen molar-refractivity contribution < 1.29 is 9.18 Å². The molecule has 0 saturated heterocycles. The molecule has 0 aliphatic heterocycles. The van der Waals surface area contributed by atoms with Crippen molar-refractivity contribution in [3.8, 4) is 10.6 Å². The molecule has 0 bridgehead atoms. The van der Waals surface area contributed by atoms with Crippen molar-refractivity contribution in [3.63, 3.8) is 0 Å². The molecule has 1 heterocycles. The lowest BCUT2D eigenvalue weighted by Gasteiger charge is -2.01. The third-order valence-corrected chi connectivity index (χ3v) is 4.45. The summed E-state index contributed by atoms with van der Waals surface area (Å²) in [5, 5.41) is 3.81. The SMILES string of the molecule is Cc1nc(-c2ccc(F)cc2)sc1CC(=O)NC1CC1. The Hall–Kier alpha value is -1.75. The molecule has 20 heavy (non-hydrogen) atoms. The predicted octanol–water partition coefficient (Wildman–Crippen LogP) is 3.08. The number of aryl methyl sites for hydroxylation is 1. The molecule has 1 saturated carbocycles. The smallest absolute Gasteiger partial charge is 0.225 e. The topological polar surface area (TPSA) is 42.0 Å². The molecule has 1 amide bonds. The van der Waals surface area contributed by atoms with Crippen molar-refractivity contribution in [2.75, 3.05) is 0 Å². The van der Waals surface area contributed by atoms with Crippen molar-refractivity contribution >= 4 is 17.2 Å². The zero-order valence-electron chi connectivity index (χ0n) is 11.1. The van der Waals surface area contributed by atoms with Gasteiger partial charge in [0.05, 0.1) is 12.1 Å². The van der Waals surface area contributed by atoms with E-state index in [1.807, 2.05) is 6.92 Å². The van der Waals surface area contributed by atoms with Gasteiger partial charge >= 0.3 is 0 Å². The molecular weight excluding hydrogens is 275 g/mol. The highest BCUT2D eigenvalue weighted by Crippen LogP contribution is 2.28. The molecule has 1 aromatic carbocycles. The molecule has 1 N–H and O–H groups in total. The maximum atomic E-state index is 12.9. The van der Waals surface area contributed by atoms with Gasteiger partial charge in [-0.3, -0.25) is 4.79 Å². The molecule has 1 aromatic heterocycles. The predicted molar refractivity (Wildman–Crippen MR) is 77.1 cm³/mol. The van der Waals surface area contributed by atoms with Crippen LogP contribution in [0.25, 0.3) is 10.6 Å². The third-order valence-electron chi connectivity index (χ3n) is 3.25. The first-order valence-corrected chi connectivity index (χ1v) is 7.45. The number of aromatic nitrogens is 1. The third kappa shape index (κ3) is 3.04. The molecular formula is C15H15FN2OS. The van der Waals surface area contributed by atoms with E-state index >= 15 is 0 Å². The summed E-state index contributed by atoms with van der Waals surface area (Å²) >= 11 is 1.50. The van der Waals surface area contributed by atoms with E-state index in [2.05, 4.69) is 10.3 Å². The Balaban J connectivity index is 1.75. The normalized spacial score (nSPS) is 14.3. The van der Waals surface area contributed by atoms with E-state index in [4.69, 9.17) is 0 Å². The molecule has 2 aromatic rings. The number of benzene rings is 1. The minimum absolute atomic E-state index is 0.0601. The highest BCUT2D eigenvalue weighted by atomic mass is 32.1. The Morgan fingerprint density at radius 2 is 2.10 bits per heavy atom. The molecule has 1 aliphatic rings. The summed E-state index contributed by atoms with van der Waals surface area (Å²) in [6.07, 6.45) is 2.56. The van der Waals surface area contributed by atoms with Crippen molar-refractivity contribution in [1.82, 2.24) is 10.3 Å². The number of amides is 1. The van der Waals surface area contributed by atoms with Gasteiger partial charge in [-0.15, -0.1) is 11.3 Å². The summed E-state index contributed by atoms with van der Waals surface area (Å²) in [7, 11) is 0. The van der Waals surface area contributed by atoms with Gasteiger partial charge in [-0.25, -0.2) is 9.37 Å². The van der Waals surface area contributed by atoms with Crippen molar-refractivity contribution in [2.45, 2.75) is 32.2 Å². The number of carbonyl (C=O) groups is 1. The number of rotatable bonds is 4. The molecule has 3 rings (SSSR count). The quantitative estimate of drug-likeness (QED) is 0.940. The molecule has 0 spiro atoms. The summed E-state index contributed by atoms with van der Waals surface area (Å²) in [6.45, 7) is 1.91. The standard InChI is InChI=1S/C15H15FN2OS/c1-9-13(8-14(19)18-12-6-7-12)20-15(17-9)10-2-4-11(16)5-3-10/h2-5,12H,6-8H2,1H3,(H,18,19). The Morgan fingerprint density at radius 1 is 1.40 bits per heavy atom. The van der Waals surface area contributed by atoms with Gasteiger partial charge in [0.25, 0.3) is 0 Å². The van der Waals surface area contributed by atoms with E-state index < -0.39 is 0 Å². The molecule has 1 aliphatic carbocycles. The van der Waals surface area contributed by atoms with Crippen LogP contribution in [-0.2, 0) is 11.2 Å². The lowest BCUT2D eigenvalue weighted by atomic mass is 10.2. The fraction of sp³-hybridized carbons (Fsp3) is 0.333. The lowest BCUT2D eigenvalue weighted by Crippen LogP contribution is -2.26. The van der Waals surface area contributed by atoms with Gasteiger partial charge in [0.15, 0.2) is 0 Å². The molecule has 0 unspecified atom stereocenters. The molecule has 0 radical (unpaired) electrons. The summed E-state index contributed by atoms with van der Waals surface area (Å²) < 4.78 is 12.9. The highest BCUT2D eigenvalue weighted by molar-refractivity contribution is 7.15. The molecule has 3 nitrogen and oxygen atoms in total. The number of nitrogens with zero attached hydrogens (tertiary/aromatic N) is 1. The molecule has 1 fully saturated rings. The minimum atomic E-state index is -0.258. The van der Waals surface area contributed by atoms with Crippen LogP contribution in [0.4, 0.5) is 4.39 Å². The lowest BCUT2D eigenvalue weighted by molar-refractivity contribution is -0.120. The summed E-state index contributed by atoms with van der Waals surface area (Å²) in [5.41, 5.74) is 1.76. The number of halogens is 1. The molecule has 5 heteroatoms. The van der Waals surface area contributed by atoms with Crippen LogP contribution >= 0.6 is 11.3 Å². The second-order valence-corrected chi connectivity index (χ2v) is 6.14. The van der Waals surface area contributed by atoms with E-state index in [9.17, 15) is 9.18 Å². The first-order valence-electron chi connectivity index (χ1n) is 6.63. The summed E-state index contributed by atoms with van der Waals surface area (Å²) in [5.74, 6) is -0.198. The van der Waals surface area contributed by atoms with Gasteiger partial charge in [-0.2, -0.15) is 0 Å². The average molecular weight is 290 g/mol. The average Bonchev–Trinajstić information content (AvgIpc) is 3.14. The summed E-state index contributed by atoms with van der Waals surface area (Å²) in [4.78, 5) is 17.3. The summed E-state index contributed by atoms with van der Waals surface area (Å²) in [6, 6.07) is 6.65. The van der Waals surface area contributed by atoms with Crippen molar-refractivity contribution in [3.05, 3.63) is 40.7 Å². The van der Waals surface area contributed by atoms with Crippen LogP contribution in [-0.4, -0.2) is 16.9 Å². The molecule has 0 atom stereocenters. The zero-order chi connectivity index (χ0) is 14.1. The number of hydrogen-bond acceptors (Lipinski definition) is 3. The second kappa shape index (κ2) is 5.32. The van der Waals surface area contributed by atoms with Crippen molar-refractivity contribution in [1.29, 1.82) is 0 Å². The fourth-order valence-corrected chi connectivity index (χ4v) is 3.03. The van der Waals surface area contributed by atoms with Crippen LogP contribution in [0.2, 0.25) is 0 Å². The maximum absolute atomic E-state index is 12.9. The van der Waals surface area contributed by atoms with Gasteiger partial charge < -0.3 is 5.32 Å². The van der Waals surface area contributed by atoms with Crippen LogP contribution < -0.4 is 5.32 Å². The minimum Gasteiger partial charge on any atom is -0.353 e. The fourth-order valence-electron chi connectivity index (χ4n) is 1.96. The van der Waals surface area contributed by atoms with Gasteiger partial charge in [0.1, 0.15) is 10.8 Å². The Bertz CT molecular complexity index is 632. The van der Waals surface area contributed by atoms with Crippen LogP contribution in [0.15, 0.2) is 24.3 Å². The van der Waals surface area contributed by atoms with Crippen LogP contribution in [0.3, 0.4) is 0 Å². The first kappa shape index (κ1) is 13.2. The maximum Gasteiger partial charge on any atom is 0.225 e. The van der Waals surface area contributed by atoms with E-state index in [0.29, 0.717) is 12.5 Å². The van der Waals surface area contributed by atoms with Crippen molar-refractivity contribution in [2.24, 2.45) is 0 Å². The Labute approximate surface area is 120 Å².